The summed E-state index contributed by atoms with van der Waals surface area (Å²) in [4.78, 5) is 35.2. The van der Waals surface area contributed by atoms with Crippen molar-refractivity contribution in [3.63, 3.8) is 0 Å². The van der Waals surface area contributed by atoms with Gasteiger partial charge in [-0.15, -0.1) is 0 Å². The van der Waals surface area contributed by atoms with Crippen molar-refractivity contribution in [2.24, 2.45) is 0 Å². The third kappa shape index (κ3) is 5.98. The van der Waals surface area contributed by atoms with Crippen molar-refractivity contribution < 1.29 is 19.1 Å². The first-order valence-electron chi connectivity index (χ1n) is 10.4. The van der Waals surface area contributed by atoms with Gasteiger partial charge in [0.05, 0.1) is 12.2 Å². The molecule has 0 aromatic carbocycles. The molecule has 2 fully saturated rings. The highest BCUT2D eigenvalue weighted by molar-refractivity contribution is 5.76. The van der Waals surface area contributed by atoms with Crippen molar-refractivity contribution in [3.8, 4) is 5.75 Å². The van der Waals surface area contributed by atoms with Crippen LogP contribution >= 0.6 is 0 Å². The average molecular weight is 405 g/mol. The van der Waals surface area contributed by atoms with E-state index in [1.54, 1.807) is 23.4 Å². The van der Waals surface area contributed by atoms with E-state index in [2.05, 4.69) is 4.98 Å². The van der Waals surface area contributed by atoms with Crippen molar-refractivity contribution >= 4 is 12.1 Å². The fourth-order valence-electron chi connectivity index (χ4n) is 3.63. The predicted octanol–water partition coefficient (Wildman–Crippen LogP) is 2.99. The van der Waals surface area contributed by atoms with Crippen molar-refractivity contribution in [2.45, 2.75) is 51.7 Å². The number of likely N-dealkylation sites (tertiary alicyclic amines) is 1. The summed E-state index contributed by atoms with van der Waals surface area (Å²) in [7, 11) is 0. The van der Waals surface area contributed by atoms with Gasteiger partial charge in [0.2, 0.25) is 0 Å². The summed E-state index contributed by atoms with van der Waals surface area (Å²) >= 11 is 0. The Bertz CT molecular complexity index is 686. The lowest BCUT2D eigenvalue weighted by molar-refractivity contribution is 0.00117. The number of carbonyl (C=O) groups is 2. The number of urea groups is 1. The molecule has 2 aliphatic rings. The molecule has 8 heteroatoms. The number of amides is 3. The first kappa shape index (κ1) is 21.2. The van der Waals surface area contributed by atoms with Gasteiger partial charge in [-0.25, -0.2) is 9.59 Å². The molecule has 0 radical (unpaired) electrons. The Morgan fingerprint density at radius 1 is 1.10 bits per heavy atom. The molecule has 8 nitrogen and oxygen atoms in total. The largest absolute Gasteiger partial charge is 0.490 e. The molecule has 1 atom stereocenters. The number of hydrogen-bond donors (Lipinski definition) is 0. The summed E-state index contributed by atoms with van der Waals surface area (Å²) in [6, 6.07) is 3.43. The molecule has 0 saturated carbocycles. The molecule has 2 aliphatic heterocycles. The van der Waals surface area contributed by atoms with Crippen molar-refractivity contribution in [1.29, 1.82) is 0 Å². The number of nitrogens with zero attached hydrogens (tertiary/aromatic N) is 4. The van der Waals surface area contributed by atoms with E-state index in [0.717, 1.165) is 25.9 Å². The van der Waals surface area contributed by atoms with Gasteiger partial charge < -0.3 is 24.2 Å². The number of ether oxygens (including phenoxy) is 2. The van der Waals surface area contributed by atoms with Crippen LogP contribution in [0.25, 0.3) is 0 Å². The van der Waals surface area contributed by atoms with Gasteiger partial charge in [0, 0.05) is 38.9 Å². The normalized spacial score (nSPS) is 20.4. The molecular weight excluding hydrogens is 372 g/mol. The van der Waals surface area contributed by atoms with Gasteiger partial charge >= 0.3 is 12.1 Å². The summed E-state index contributed by atoms with van der Waals surface area (Å²) in [6.07, 6.45) is 6.23. The molecular formula is C21H32N4O4. The van der Waals surface area contributed by atoms with Crippen LogP contribution in [0.3, 0.4) is 0 Å². The Morgan fingerprint density at radius 2 is 1.86 bits per heavy atom. The second-order valence-electron chi connectivity index (χ2n) is 8.60. The first-order chi connectivity index (χ1) is 13.8. The molecule has 0 bridgehead atoms. The van der Waals surface area contributed by atoms with Crippen molar-refractivity contribution in [2.75, 3.05) is 39.3 Å². The third-order valence-corrected chi connectivity index (χ3v) is 5.08. The minimum absolute atomic E-state index is 0.0355. The second kappa shape index (κ2) is 9.33. The molecule has 0 N–H and O–H groups in total. The highest BCUT2D eigenvalue weighted by atomic mass is 16.6. The molecule has 3 rings (SSSR count). The van der Waals surface area contributed by atoms with Crippen LogP contribution in [0.15, 0.2) is 24.5 Å². The van der Waals surface area contributed by atoms with Crippen LogP contribution in [0.2, 0.25) is 0 Å². The van der Waals surface area contributed by atoms with Gasteiger partial charge in [0.15, 0.2) is 0 Å². The fraction of sp³-hybridized carbons (Fsp3) is 0.667. The maximum atomic E-state index is 13.1. The maximum Gasteiger partial charge on any atom is 0.410 e. The van der Waals surface area contributed by atoms with Crippen molar-refractivity contribution in [3.05, 3.63) is 24.5 Å². The molecule has 3 heterocycles. The van der Waals surface area contributed by atoms with E-state index < -0.39 is 5.60 Å². The number of hydrogen-bond acceptors (Lipinski definition) is 5. The van der Waals surface area contributed by atoms with Crippen LogP contribution in [-0.2, 0) is 4.74 Å². The Labute approximate surface area is 172 Å². The Morgan fingerprint density at radius 3 is 2.52 bits per heavy atom. The Balaban J connectivity index is 1.69. The third-order valence-electron chi connectivity index (χ3n) is 5.08. The lowest BCUT2D eigenvalue weighted by Crippen LogP contribution is -2.61. The van der Waals surface area contributed by atoms with Crippen LogP contribution in [0.1, 0.15) is 40.0 Å². The molecule has 0 aliphatic carbocycles. The maximum absolute atomic E-state index is 13.1. The number of pyridine rings is 1. The standard InChI is InChI=1S/C21H32N4O4/c1-21(2,3)29-20(27)24-12-13-25(19(26)23-10-5-4-6-11-23)17(15-24)16-28-18-8-7-9-22-14-18/h7-9,14,17H,4-6,10-13,15-16H2,1-3H3. The van der Waals surface area contributed by atoms with E-state index in [0.29, 0.717) is 32.0 Å². The zero-order valence-corrected chi connectivity index (χ0v) is 17.7. The molecule has 1 aromatic rings. The van der Waals surface area contributed by atoms with Crippen LogP contribution < -0.4 is 4.74 Å². The molecule has 1 aromatic heterocycles. The zero-order valence-electron chi connectivity index (χ0n) is 17.7. The first-order valence-corrected chi connectivity index (χ1v) is 10.4. The zero-order chi connectivity index (χ0) is 20.9. The number of rotatable bonds is 3. The molecule has 160 valence electrons. The van der Waals surface area contributed by atoms with Crippen molar-refractivity contribution in [1.82, 2.24) is 19.7 Å². The summed E-state index contributed by atoms with van der Waals surface area (Å²) in [5.41, 5.74) is -0.556. The number of piperidine rings is 1. The van der Waals surface area contributed by atoms with Gasteiger partial charge in [-0.05, 0) is 52.2 Å². The van der Waals surface area contributed by atoms with E-state index in [4.69, 9.17) is 9.47 Å². The smallest absolute Gasteiger partial charge is 0.410 e. The SMILES string of the molecule is CC(C)(C)OC(=O)N1CCN(C(=O)N2CCCCC2)C(COc2cccnc2)C1. The fourth-order valence-corrected chi connectivity index (χ4v) is 3.63. The summed E-state index contributed by atoms with van der Waals surface area (Å²) in [6.45, 7) is 8.74. The van der Waals surface area contributed by atoms with E-state index in [1.807, 2.05) is 36.6 Å². The van der Waals surface area contributed by atoms with Gasteiger partial charge in [-0.3, -0.25) is 4.98 Å². The van der Waals surface area contributed by atoms with E-state index >= 15 is 0 Å². The molecule has 0 spiro atoms. The highest BCUT2D eigenvalue weighted by Crippen LogP contribution is 2.20. The quantitative estimate of drug-likeness (QED) is 0.774. The Hall–Kier alpha value is -2.51. The summed E-state index contributed by atoms with van der Waals surface area (Å²) in [5.74, 6) is 0.646. The highest BCUT2D eigenvalue weighted by Gasteiger charge is 2.36. The molecule has 3 amide bonds. The van der Waals surface area contributed by atoms with Crippen LogP contribution in [0.5, 0.6) is 5.75 Å². The van der Waals surface area contributed by atoms with Gasteiger partial charge in [-0.1, -0.05) is 0 Å². The molecule has 2 saturated heterocycles. The number of carbonyl (C=O) groups excluding carboxylic acids is 2. The lowest BCUT2D eigenvalue weighted by Gasteiger charge is -2.43. The second-order valence-corrected chi connectivity index (χ2v) is 8.60. The van der Waals surface area contributed by atoms with Gasteiger partial charge in [-0.2, -0.15) is 0 Å². The van der Waals surface area contributed by atoms with E-state index in [1.165, 1.54) is 6.42 Å². The minimum atomic E-state index is -0.556. The molecule has 1 unspecified atom stereocenters. The average Bonchev–Trinajstić information content (AvgIpc) is 2.71. The summed E-state index contributed by atoms with van der Waals surface area (Å²) in [5, 5.41) is 0. The van der Waals surface area contributed by atoms with Gasteiger partial charge in [0.25, 0.3) is 0 Å². The van der Waals surface area contributed by atoms with Crippen LogP contribution in [0, 0.1) is 0 Å². The summed E-state index contributed by atoms with van der Waals surface area (Å²) < 4.78 is 11.4. The van der Waals surface area contributed by atoms with Crippen LogP contribution in [-0.4, -0.2) is 82.8 Å². The number of aromatic nitrogens is 1. The van der Waals surface area contributed by atoms with E-state index in [-0.39, 0.29) is 18.2 Å². The van der Waals surface area contributed by atoms with Gasteiger partial charge in [0.1, 0.15) is 18.0 Å². The lowest BCUT2D eigenvalue weighted by atomic mass is 10.1. The monoisotopic (exact) mass is 404 g/mol. The molecule has 29 heavy (non-hydrogen) atoms. The van der Waals surface area contributed by atoms with Crippen LogP contribution in [0.4, 0.5) is 9.59 Å². The van der Waals surface area contributed by atoms with E-state index in [9.17, 15) is 9.59 Å². The number of piperazine rings is 1. The topological polar surface area (TPSA) is 75.2 Å². The Kier molecular flexibility index (Phi) is 6.82. The predicted molar refractivity (Wildman–Crippen MR) is 109 cm³/mol. The minimum Gasteiger partial charge on any atom is -0.490 e.